The maximum atomic E-state index is 11.7. The minimum atomic E-state index is -1.09. The number of aryl methyl sites for hydroxylation is 2. The van der Waals surface area contributed by atoms with Crippen molar-refractivity contribution in [3.05, 3.63) is 44.2 Å². The molecule has 1 N–H and O–H groups in total. The lowest BCUT2D eigenvalue weighted by Gasteiger charge is -2.10. The predicted octanol–water partition coefficient (Wildman–Crippen LogP) is 2.31. The number of rotatable bonds is 1. The molecule has 2 aromatic rings. The fourth-order valence-corrected chi connectivity index (χ4v) is 2.71. The van der Waals surface area contributed by atoms with E-state index in [2.05, 4.69) is 15.9 Å². The first kappa shape index (κ1) is 11.9. The number of carboxylic acid groups (broad SMARTS) is 1. The Bertz CT molecular complexity index is 688. The topological polar surface area (TPSA) is 59.3 Å². The van der Waals surface area contributed by atoms with E-state index in [0.29, 0.717) is 10.9 Å². The number of halogens is 1. The van der Waals surface area contributed by atoms with Crippen LogP contribution in [-0.4, -0.2) is 15.6 Å². The van der Waals surface area contributed by atoms with Gasteiger partial charge in [-0.05, 0) is 40.5 Å². The summed E-state index contributed by atoms with van der Waals surface area (Å²) in [6, 6.07) is 4.77. The highest BCUT2D eigenvalue weighted by Gasteiger charge is 2.14. The summed E-state index contributed by atoms with van der Waals surface area (Å²) in [7, 11) is 1.62. The molecule has 0 fully saturated rings. The largest absolute Gasteiger partial charge is 0.478 e. The number of carboxylic acids is 1. The first-order chi connectivity index (χ1) is 7.91. The van der Waals surface area contributed by atoms with Crippen molar-refractivity contribution in [2.75, 3.05) is 0 Å². The van der Waals surface area contributed by atoms with Crippen LogP contribution in [0.2, 0.25) is 0 Å². The van der Waals surface area contributed by atoms with Crippen LogP contribution in [0, 0.1) is 6.92 Å². The minimum Gasteiger partial charge on any atom is -0.478 e. The molecule has 0 spiro atoms. The lowest BCUT2D eigenvalue weighted by molar-refractivity contribution is 0.0699. The van der Waals surface area contributed by atoms with Gasteiger partial charge in [-0.25, -0.2) is 4.79 Å². The molecular formula is C12H10BrNO3. The van der Waals surface area contributed by atoms with Gasteiger partial charge < -0.3 is 9.67 Å². The van der Waals surface area contributed by atoms with Gasteiger partial charge in [-0.1, -0.05) is 0 Å². The maximum absolute atomic E-state index is 11.7. The van der Waals surface area contributed by atoms with Crippen LogP contribution in [0.5, 0.6) is 0 Å². The molecule has 0 bridgehead atoms. The Kier molecular flexibility index (Phi) is 2.79. The van der Waals surface area contributed by atoms with Crippen molar-refractivity contribution in [2.45, 2.75) is 6.92 Å². The number of pyridine rings is 1. The summed E-state index contributed by atoms with van der Waals surface area (Å²) < 4.78 is 2.15. The van der Waals surface area contributed by atoms with Crippen molar-refractivity contribution in [2.24, 2.45) is 7.05 Å². The van der Waals surface area contributed by atoms with Gasteiger partial charge in [0.1, 0.15) is 0 Å². The molecule has 0 saturated heterocycles. The fourth-order valence-electron chi connectivity index (χ4n) is 1.87. The van der Waals surface area contributed by atoms with Gasteiger partial charge in [-0.3, -0.25) is 4.79 Å². The number of nitrogens with zero attached hydrogens (tertiary/aromatic N) is 1. The summed E-state index contributed by atoms with van der Waals surface area (Å²) in [4.78, 5) is 22.8. The van der Waals surface area contributed by atoms with Crippen molar-refractivity contribution < 1.29 is 9.90 Å². The van der Waals surface area contributed by atoms with Crippen LogP contribution in [0.15, 0.2) is 27.5 Å². The summed E-state index contributed by atoms with van der Waals surface area (Å²) in [5.74, 6) is -1.09. The Balaban J connectivity index is 3.09. The Hall–Kier alpha value is -1.62. The second-order valence-corrected chi connectivity index (χ2v) is 4.76. The highest BCUT2D eigenvalue weighted by molar-refractivity contribution is 9.10. The monoisotopic (exact) mass is 295 g/mol. The standard InChI is InChI=1S/C12H10BrNO3/c1-6-3-7-8(12(16)17)5-10(15)14(2)11(7)9(13)4-6/h3-5H,1-2H3,(H,16,17). The zero-order valence-corrected chi connectivity index (χ0v) is 10.9. The van der Waals surface area contributed by atoms with Gasteiger partial charge in [0.05, 0.1) is 11.1 Å². The van der Waals surface area contributed by atoms with Crippen LogP contribution in [0.3, 0.4) is 0 Å². The molecule has 2 rings (SSSR count). The molecule has 0 saturated carbocycles. The fraction of sp³-hybridized carbons (Fsp3) is 0.167. The number of aromatic carboxylic acids is 1. The van der Waals surface area contributed by atoms with Gasteiger partial charge in [0.2, 0.25) is 0 Å². The molecule has 4 nitrogen and oxygen atoms in total. The molecule has 0 unspecified atom stereocenters. The number of hydrogen-bond acceptors (Lipinski definition) is 2. The third-order valence-corrected chi connectivity index (χ3v) is 3.27. The summed E-state index contributed by atoms with van der Waals surface area (Å²) in [5, 5.41) is 9.68. The van der Waals surface area contributed by atoms with Gasteiger partial charge in [-0.15, -0.1) is 0 Å². The number of hydrogen-bond donors (Lipinski definition) is 1. The molecule has 0 amide bonds. The Labute approximate surface area is 106 Å². The molecule has 0 aliphatic rings. The zero-order valence-electron chi connectivity index (χ0n) is 9.32. The van der Waals surface area contributed by atoms with Crippen LogP contribution >= 0.6 is 15.9 Å². The molecule has 5 heteroatoms. The first-order valence-electron chi connectivity index (χ1n) is 4.95. The lowest BCUT2D eigenvalue weighted by Crippen LogP contribution is -2.19. The quantitative estimate of drug-likeness (QED) is 0.878. The van der Waals surface area contributed by atoms with Gasteiger partial charge in [-0.2, -0.15) is 0 Å². The zero-order chi connectivity index (χ0) is 12.7. The van der Waals surface area contributed by atoms with Gasteiger partial charge in [0.25, 0.3) is 5.56 Å². The van der Waals surface area contributed by atoms with Crippen molar-refractivity contribution in [3.63, 3.8) is 0 Å². The van der Waals surface area contributed by atoms with Crippen LogP contribution < -0.4 is 5.56 Å². The molecular weight excluding hydrogens is 286 g/mol. The Morgan fingerprint density at radius 2 is 2.00 bits per heavy atom. The highest BCUT2D eigenvalue weighted by atomic mass is 79.9. The summed E-state index contributed by atoms with van der Waals surface area (Å²) in [6.07, 6.45) is 0. The summed E-state index contributed by atoms with van der Waals surface area (Å²) in [6.45, 7) is 1.88. The van der Waals surface area contributed by atoms with Gasteiger partial charge >= 0.3 is 5.97 Å². The molecule has 17 heavy (non-hydrogen) atoms. The van der Waals surface area contributed by atoms with E-state index in [1.54, 1.807) is 13.1 Å². The molecule has 0 aliphatic heterocycles. The van der Waals surface area contributed by atoms with E-state index in [-0.39, 0.29) is 11.1 Å². The Morgan fingerprint density at radius 1 is 1.35 bits per heavy atom. The van der Waals surface area contributed by atoms with E-state index in [1.165, 1.54) is 4.57 Å². The first-order valence-corrected chi connectivity index (χ1v) is 5.74. The van der Waals surface area contributed by atoms with Crippen molar-refractivity contribution in [3.8, 4) is 0 Å². The van der Waals surface area contributed by atoms with Gasteiger partial charge in [0.15, 0.2) is 0 Å². The Morgan fingerprint density at radius 3 is 2.59 bits per heavy atom. The van der Waals surface area contributed by atoms with E-state index in [0.717, 1.165) is 16.1 Å². The molecule has 0 radical (unpaired) electrons. The molecule has 1 aromatic heterocycles. The van der Waals surface area contributed by atoms with Crippen LogP contribution in [0.1, 0.15) is 15.9 Å². The number of aromatic nitrogens is 1. The normalized spacial score (nSPS) is 10.8. The third kappa shape index (κ3) is 1.86. The maximum Gasteiger partial charge on any atom is 0.336 e. The average Bonchev–Trinajstić information content (AvgIpc) is 2.21. The molecule has 0 aliphatic carbocycles. The van der Waals surface area contributed by atoms with Crippen molar-refractivity contribution >= 4 is 32.8 Å². The molecule has 0 atom stereocenters. The molecule has 1 aromatic carbocycles. The molecule has 1 heterocycles. The number of benzene rings is 1. The molecule has 88 valence electrons. The second-order valence-electron chi connectivity index (χ2n) is 3.90. The van der Waals surface area contributed by atoms with E-state index in [9.17, 15) is 9.59 Å². The average molecular weight is 296 g/mol. The second kappa shape index (κ2) is 4.00. The van der Waals surface area contributed by atoms with E-state index < -0.39 is 5.97 Å². The van der Waals surface area contributed by atoms with E-state index >= 15 is 0 Å². The van der Waals surface area contributed by atoms with E-state index in [1.807, 2.05) is 13.0 Å². The summed E-state index contributed by atoms with van der Waals surface area (Å²) >= 11 is 3.36. The third-order valence-electron chi connectivity index (χ3n) is 2.66. The van der Waals surface area contributed by atoms with Crippen molar-refractivity contribution in [1.82, 2.24) is 4.57 Å². The lowest BCUT2D eigenvalue weighted by atomic mass is 10.1. The number of fused-ring (bicyclic) bond motifs is 1. The van der Waals surface area contributed by atoms with E-state index in [4.69, 9.17) is 5.11 Å². The van der Waals surface area contributed by atoms with Crippen LogP contribution in [0.4, 0.5) is 0 Å². The highest BCUT2D eigenvalue weighted by Crippen LogP contribution is 2.26. The summed E-state index contributed by atoms with van der Waals surface area (Å²) in [5.41, 5.74) is 1.23. The van der Waals surface area contributed by atoms with Gasteiger partial charge in [0, 0.05) is 23.0 Å². The minimum absolute atomic E-state index is 0.0347. The smallest absolute Gasteiger partial charge is 0.336 e. The van der Waals surface area contributed by atoms with Crippen LogP contribution in [0.25, 0.3) is 10.9 Å². The van der Waals surface area contributed by atoms with Crippen LogP contribution in [-0.2, 0) is 7.05 Å². The van der Waals surface area contributed by atoms with Crippen molar-refractivity contribution in [1.29, 1.82) is 0 Å². The SMILES string of the molecule is Cc1cc(Br)c2c(c1)c(C(=O)O)cc(=O)n2C. The predicted molar refractivity (Wildman–Crippen MR) is 68.6 cm³/mol. The number of carbonyl (C=O) groups is 1.